The minimum Gasteiger partial charge on any atom is -0.480 e. The van der Waals surface area contributed by atoms with Gasteiger partial charge >= 0.3 is 5.97 Å². The van der Waals surface area contributed by atoms with Crippen LogP contribution in [0.3, 0.4) is 0 Å². The fourth-order valence-corrected chi connectivity index (χ4v) is 1.05. The lowest BCUT2D eigenvalue weighted by molar-refractivity contribution is -0.143. The number of carboxylic acid groups (broad SMARTS) is 1. The van der Waals surface area contributed by atoms with Crippen LogP contribution < -0.4 is 11.3 Å². The van der Waals surface area contributed by atoms with Gasteiger partial charge in [0.05, 0.1) is 0 Å². The molecule has 14 heavy (non-hydrogen) atoms. The Kier molecular flexibility index (Phi) is 2.64. The molecule has 0 bridgehead atoms. The summed E-state index contributed by atoms with van der Waals surface area (Å²) in [4.78, 5) is 23.9. The normalized spacial score (nSPS) is 14.8. The molecule has 6 heteroatoms. The highest BCUT2D eigenvalue weighted by molar-refractivity contribution is 6.30. The largest absolute Gasteiger partial charge is 0.480 e. The van der Waals surface area contributed by atoms with Crippen LogP contribution in [0.4, 0.5) is 0 Å². The molecule has 0 saturated carbocycles. The van der Waals surface area contributed by atoms with E-state index in [9.17, 15) is 9.59 Å². The Bertz CT molecular complexity index is 425. The summed E-state index contributed by atoms with van der Waals surface area (Å²) in [6.45, 7) is 1.32. The van der Waals surface area contributed by atoms with Crippen LogP contribution in [0.2, 0.25) is 5.02 Å². The Labute approximate surface area is 84.5 Å². The lowest BCUT2D eigenvalue weighted by atomic mass is 9.95. The van der Waals surface area contributed by atoms with Crippen LogP contribution >= 0.6 is 11.6 Å². The number of nitrogens with one attached hydrogen (secondary N) is 1. The van der Waals surface area contributed by atoms with Crippen molar-refractivity contribution in [3.63, 3.8) is 0 Å². The van der Waals surface area contributed by atoms with Crippen molar-refractivity contribution >= 4 is 17.6 Å². The molecule has 0 aromatic carbocycles. The number of pyridine rings is 1. The minimum atomic E-state index is -1.56. The minimum absolute atomic E-state index is 0.0829. The van der Waals surface area contributed by atoms with E-state index in [1.54, 1.807) is 0 Å². The molecule has 1 atom stereocenters. The van der Waals surface area contributed by atoms with Crippen LogP contribution in [-0.2, 0) is 10.3 Å². The zero-order chi connectivity index (χ0) is 10.9. The van der Waals surface area contributed by atoms with Crippen molar-refractivity contribution in [3.8, 4) is 0 Å². The van der Waals surface area contributed by atoms with Crippen molar-refractivity contribution in [1.29, 1.82) is 0 Å². The van der Waals surface area contributed by atoms with Gasteiger partial charge in [-0.2, -0.15) is 0 Å². The molecule has 4 N–H and O–H groups in total. The van der Waals surface area contributed by atoms with Crippen molar-refractivity contribution in [2.45, 2.75) is 12.5 Å². The molecular formula is C8H9ClN2O3. The Morgan fingerprint density at radius 3 is 2.71 bits per heavy atom. The molecule has 5 nitrogen and oxygen atoms in total. The first-order chi connectivity index (χ1) is 6.35. The fraction of sp³-hybridized carbons (Fsp3) is 0.250. The Morgan fingerprint density at radius 2 is 2.29 bits per heavy atom. The summed E-state index contributed by atoms with van der Waals surface area (Å²) in [5, 5.41) is 8.71. The van der Waals surface area contributed by atoms with E-state index in [0.29, 0.717) is 0 Å². The van der Waals surface area contributed by atoms with Crippen molar-refractivity contribution in [1.82, 2.24) is 4.98 Å². The van der Waals surface area contributed by atoms with Gasteiger partial charge in [-0.15, -0.1) is 0 Å². The highest BCUT2D eigenvalue weighted by atomic mass is 35.5. The average Bonchev–Trinajstić information content (AvgIpc) is 2.09. The van der Waals surface area contributed by atoms with E-state index in [-0.39, 0.29) is 10.6 Å². The summed E-state index contributed by atoms with van der Waals surface area (Å²) in [5.41, 5.74) is 3.73. The van der Waals surface area contributed by atoms with Crippen LogP contribution in [-0.4, -0.2) is 16.1 Å². The molecular weight excluding hydrogens is 208 g/mol. The first kappa shape index (κ1) is 10.7. The number of aromatic nitrogens is 1. The molecule has 0 radical (unpaired) electrons. The Balaban J connectivity index is 3.27. The average molecular weight is 217 g/mol. The van der Waals surface area contributed by atoms with Crippen LogP contribution in [0.25, 0.3) is 0 Å². The molecule has 1 rings (SSSR count). The van der Waals surface area contributed by atoms with Gasteiger partial charge in [0, 0.05) is 11.8 Å². The highest BCUT2D eigenvalue weighted by Crippen LogP contribution is 2.18. The van der Waals surface area contributed by atoms with E-state index in [1.165, 1.54) is 19.2 Å². The maximum absolute atomic E-state index is 10.9. The van der Waals surface area contributed by atoms with Gasteiger partial charge in [-0.3, -0.25) is 4.79 Å². The van der Waals surface area contributed by atoms with E-state index in [4.69, 9.17) is 22.4 Å². The van der Waals surface area contributed by atoms with Crippen molar-refractivity contribution in [3.05, 3.63) is 33.2 Å². The smallest absolute Gasteiger partial charge is 0.328 e. The summed E-state index contributed by atoms with van der Waals surface area (Å²) in [6.07, 6.45) is 1.24. The van der Waals surface area contributed by atoms with Gasteiger partial charge in [-0.05, 0) is 13.0 Å². The molecule has 0 aliphatic heterocycles. The first-order valence-electron chi connectivity index (χ1n) is 3.76. The molecule has 0 saturated heterocycles. The Hall–Kier alpha value is -1.33. The number of carboxylic acids is 1. The van der Waals surface area contributed by atoms with Gasteiger partial charge in [0.25, 0.3) is 5.56 Å². The van der Waals surface area contributed by atoms with E-state index in [1.807, 2.05) is 0 Å². The number of carbonyl (C=O) groups is 1. The molecule has 0 aliphatic rings. The summed E-state index contributed by atoms with van der Waals surface area (Å²) in [5.74, 6) is -1.19. The summed E-state index contributed by atoms with van der Waals surface area (Å²) in [6, 6.07) is 1.24. The molecule has 0 aliphatic carbocycles. The van der Waals surface area contributed by atoms with Crippen LogP contribution in [0, 0.1) is 0 Å². The van der Waals surface area contributed by atoms with Crippen LogP contribution in [0.1, 0.15) is 12.5 Å². The molecule has 76 valence electrons. The zero-order valence-corrected chi connectivity index (χ0v) is 8.13. The lowest BCUT2D eigenvalue weighted by Gasteiger charge is -2.19. The van der Waals surface area contributed by atoms with Crippen LogP contribution in [0.5, 0.6) is 0 Å². The third-order valence-corrected chi connectivity index (χ3v) is 2.18. The monoisotopic (exact) mass is 216 g/mol. The maximum atomic E-state index is 10.9. The maximum Gasteiger partial charge on any atom is 0.328 e. The SMILES string of the molecule is C[C@](N)(C(=O)O)c1c[nH]c(=O)c(Cl)c1. The molecule has 0 unspecified atom stereocenters. The third kappa shape index (κ3) is 1.78. The topological polar surface area (TPSA) is 96.2 Å². The van der Waals surface area contributed by atoms with E-state index in [2.05, 4.69) is 4.98 Å². The molecule has 0 spiro atoms. The first-order valence-corrected chi connectivity index (χ1v) is 4.14. The van der Waals surface area contributed by atoms with Gasteiger partial charge in [0.15, 0.2) is 0 Å². The number of hydrogen-bond donors (Lipinski definition) is 3. The number of nitrogens with two attached hydrogens (primary N) is 1. The predicted octanol–water partition coefficient (Wildman–Crippen LogP) is 0.287. The quantitative estimate of drug-likeness (QED) is 0.662. The number of rotatable bonds is 2. The van der Waals surface area contributed by atoms with Gasteiger partial charge in [0.2, 0.25) is 0 Å². The molecule has 0 amide bonds. The Morgan fingerprint density at radius 1 is 1.71 bits per heavy atom. The van der Waals surface area contributed by atoms with Gasteiger partial charge in [-0.25, -0.2) is 4.79 Å². The van der Waals surface area contributed by atoms with Gasteiger partial charge in [0.1, 0.15) is 10.6 Å². The fourth-order valence-electron chi connectivity index (χ4n) is 0.879. The number of aliphatic carboxylic acids is 1. The van der Waals surface area contributed by atoms with Crippen molar-refractivity contribution in [2.75, 3.05) is 0 Å². The number of aromatic amines is 1. The second-order valence-corrected chi connectivity index (χ2v) is 3.48. The molecule has 0 fully saturated rings. The number of halogens is 1. The summed E-state index contributed by atoms with van der Waals surface area (Å²) in [7, 11) is 0. The summed E-state index contributed by atoms with van der Waals surface area (Å²) < 4.78 is 0. The van der Waals surface area contributed by atoms with Crippen molar-refractivity contribution in [2.24, 2.45) is 5.73 Å². The van der Waals surface area contributed by atoms with E-state index in [0.717, 1.165) is 0 Å². The van der Waals surface area contributed by atoms with Crippen LogP contribution in [0.15, 0.2) is 17.1 Å². The second-order valence-electron chi connectivity index (χ2n) is 3.07. The predicted molar refractivity (Wildman–Crippen MR) is 51.2 cm³/mol. The molecule has 1 aromatic rings. The van der Waals surface area contributed by atoms with E-state index < -0.39 is 17.1 Å². The van der Waals surface area contributed by atoms with Gasteiger partial charge < -0.3 is 15.8 Å². The number of hydrogen-bond acceptors (Lipinski definition) is 3. The molecule has 1 heterocycles. The highest BCUT2D eigenvalue weighted by Gasteiger charge is 2.30. The summed E-state index contributed by atoms with van der Waals surface area (Å²) >= 11 is 5.53. The third-order valence-electron chi connectivity index (χ3n) is 1.90. The number of H-pyrrole nitrogens is 1. The van der Waals surface area contributed by atoms with E-state index >= 15 is 0 Å². The second kappa shape index (κ2) is 3.43. The van der Waals surface area contributed by atoms with Crippen molar-refractivity contribution < 1.29 is 9.90 Å². The molecule has 1 aromatic heterocycles. The lowest BCUT2D eigenvalue weighted by Crippen LogP contribution is -2.42. The van der Waals surface area contributed by atoms with Gasteiger partial charge in [-0.1, -0.05) is 11.6 Å². The zero-order valence-electron chi connectivity index (χ0n) is 7.37. The standard InChI is InChI=1S/C8H9ClN2O3/c1-8(10,7(13)14)4-2-5(9)6(12)11-3-4/h2-3H,10H2,1H3,(H,11,12)(H,13,14)/t8-/m1/s1.